The number of thiophene rings is 1. The zero-order valence-corrected chi connectivity index (χ0v) is 12.6. The van der Waals surface area contributed by atoms with Gasteiger partial charge in [0.05, 0.1) is 0 Å². The number of fused-ring (bicyclic) bond motifs is 1. The predicted molar refractivity (Wildman–Crippen MR) is 80.0 cm³/mol. The molecule has 0 saturated heterocycles. The number of hydrogen-bond acceptors (Lipinski definition) is 4. The molecule has 0 N–H and O–H groups in total. The van der Waals surface area contributed by atoms with E-state index in [9.17, 15) is 0 Å². The van der Waals surface area contributed by atoms with E-state index >= 15 is 0 Å². The summed E-state index contributed by atoms with van der Waals surface area (Å²) >= 11 is 7.99. The lowest BCUT2D eigenvalue weighted by atomic mass is 10.3. The fourth-order valence-electron chi connectivity index (χ4n) is 1.94. The number of hydrogen-bond donors (Lipinski definition) is 0. The molecule has 0 aliphatic heterocycles. The Labute approximate surface area is 117 Å². The van der Waals surface area contributed by atoms with Crippen molar-refractivity contribution in [3.05, 3.63) is 16.1 Å². The van der Waals surface area contributed by atoms with Crippen molar-refractivity contribution in [1.29, 1.82) is 0 Å². The molecule has 0 fully saturated rings. The van der Waals surface area contributed by atoms with Crippen molar-refractivity contribution in [3.63, 3.8) is 0 Å². The van der Waals surface area contributed by atoms with Gasteiger partial charge in [0.1, 0.15) is 9.98 Å². The van der Waals surface area contributed by atoms with Crippen LogP contribution in [-0.2, 0) is 6.42 Å². The average Bonchev–Trinajstić information content (AvgIpc) is 2.74. The maximum Gasteiger partial charge on any atom is 0.228 e. The van der Waals surface area contributed by atoms with Gasteiger partial charge in [-0.25, -0.2) is 9.97 Å². The molecule has 0 radical (unpaired) electrons. The summed E-state index contributed by atoms with van der Waals surface area (Å²) in [6.45, 7) is 8.17. The van der Waals surface area contributed by atoms with Crippen LogP contribution in [0.25, 0.3) is 10.2 Å². The second-order valence-electron chi connectivity index (χ2n) is 4.17. The fourth-order valence-corrected chi connectivity index (χ4v) is 3.34. The highest BCUT2D eigenvalue weighted by Crippen LogP contribution is 2.31. The van der Waals surface area contributed by atoms with E-state index in [1.165, 1.54) is 4.88 Å². The van der Waals surface area contributed by atoms with Crippen LogP contribution in [-0.4, -0.2) is 23.1 Å². The summed E-state index contributed by atoms with van der Waals surface area (Å²) in [7, 11) is 0. The van der Waals surface area contributed by atoms with E-state index in [1.807, 2.05) is 0 Å². The Morgan fingerprint density at radius 3 is 2.56 bits per heavy atom. The molecule has 3 nitrogen and oxygen atoms in total. The number of aryl methyl sites for hydroxylation is 1. The Morgan fingerprint density at radius 2 is 1.94 bits per heavy atom. The number of rotatable bonds is 5. The van der Waals surface area contributed by atoms with Gasteiger partial charge in [0.25, 0.3) is 0 Å². The van der Waals surface area contributed by atoms with E-state index in [1.54, 1.807) is 11.3 Å². The summed E-state index contributed by atoms with van der Waals surface area (Å²) in [6, 6.07) is 2.12. The summed E-state index contributed by atoms with van der Waals surface area (Å²) in [5.41, 5.74) is 0. The van der Waals surface area contributed by atoms with E-state index < -0.39 is 0 Å². The van der Waals surface area contributed by atoms with Crippen molar-refractivity contribution < 1.29 is 0 Å². The Hall–Kier alpha value is -0.870. The van der Waals surface area contributed by atoms with Crippen molar-refractivity contribution >= 4 is 39.1 Å². The number of aromatic nitrogens is 2. The van der Waals surface area contributed by atoms with E-state index in [0.29, 0.717) is 5.15 Å². The van der Waals surface area contributed by atoms with Crippen LogP contribution in [0.3, 0.4) is 0 Å². The summed E-state index contributed by atoms with van der Waals surface area (Å²) in [5, 5.41) is 1.56. The van der Waals surface area contributed by atoms with Crippen molar-refractivity contribution in [1.82, 2.24) is 9.97 Å². The third-order valence-electron chi connectivity index (χ3n) is 2.93. The molecule has 2 aromatic rings. The molecule has 0 saturated carbocycles. The Morgan fingerprint density at radius 1 is 1.22 bits per heavy atom. The lowest BCUT2D eigenvalue weighted by Gasteiger charge is -2.18. The van der Waals surface area contributed by atoms with E-state index in [4.69, 9.17) is 11.6 Å². The van der Waals surface area contributed by atoms with Gasteiger partial charge in [0.2, 0.25) is 5.95 Å². The van der Waals surface area contributed by atoms with Gasteiger partial charge in [-0.1, -0.05) is 24.9 Å². The molecule has 5 heteroatoms. The first-order chi connectivity index (χ1) is 8.69. The molecule has 0 unspecified atom stereocenters. The van der Waals surface area contributed by atoms with Crippen molar-refractivity contribution in [2.75, 3.05) is 18.0 Å². The zero-order valence-electron chi connectivity index (χ0n) is 11.0. The summed E-state index contributed by atoms with van der Waals surface area (Å²) in [5.74, 6) is 0.738. The fraction of sp³-hybridized carbons (Fsp3) is 0.538. The van der Waals surface area contributed by atoms with Gasteiger partial charge in [0.15, 0.2) is 0 Å². The van der Waals surface area contributed by atoms with Gasteiger partial charge in [-0.3, -0.25) is 0 Å². The molecule has 0 amide bonds. The first-order valence-corrected chi connectivity index (χ1v) is 7.59. The van der Waals surface area contributed by atoms with E-state index in [0.717, 1.165) is 42.1 Å². The standard InChI is InChI=1S/C13H18ClN3S/c1-4-7-9-8-10-11(14)15-13(16-12(10)18-9)17(5-2)6-3/h8H,4-7H2,1-3H3. The largest absolute Gasteiger partial charge is 0.341 e. The van der Waals surface area contributed by atoms with Crippen molar-refractivity contribution in [2.45, 2.75) is 33.6 Å². The minimum atomic E-state index is 0.570. The molecule has 0 aliphatic carbocycles. The van der Waals surface area contributed by atoms with Crippen LogP contribution in [0.2, 0.25) is 5.15 Å². The molecule has 2 aromatic heterocycles. The van der Waals surface area contributed by atoms with Gasteiger partial charge < -0.3 is 4.90 Å². The van der Waals surface area contributed by atoms with Crippen LogP contribution in [0.5, 0.6) is 0 Å². The summed E-state index contributed by atoms with van der Waals surface area (Å²) in [6.07, 6.45) is 2.22. The van der Waals surface area contributed by atoms with Crippen LogP contribution in [0.15, 0.2) is 6.07 Å². The molecule has 0 aliphatic rings. The van der Waals surface area contributed by atoms with Gasteiger partial charge in [0, 0.05) is 23.4 Å². The molecule has 18 heavy (non-hydrogen) atoms. The second kappa shape index (κ2) is 5.85. The molecule has 98 valence electrons. The highest BCUT2D eigenvalue weighted by Gasteiger charge is 2.13. The first kappa shape index (κ1) is 13.6. The van der Waals surface area contributed by atoms with E-state index in [-0.39, 0.29) is 0 Å². The normalized spacial score (nSPS) is 11.1. The Bertz CT molecular complexity index is 534. The van der Waals surface area contributed by atoms with Crippen LogP contribution in [0.4, 0.5) is 5.95 Å². The van der Waals surface area contributed by atoms with E-state index in [2.05, 4.69) is 41.7 Å². The monoisotopic (exact) mass is 283 g/mol. The second-order valence-corrected chi connectivity index (χ2v) is 5.64. The summed E-state index contributed by atoms with van der Waals surface area (Å²) < 4.78 is 0. The molecular formula is C13H18ClN3S. The zero-order chi connectivity index (χ0) is 13.1. The average molecular weight is 284 g/mol. The van der Waals surface area contributed by atoms with Crippen LogP contribution < -0.4 is 4.90 Å². The molecule has 0 atom stereocenters. The third kappa shape index (κ3) is 2.59. The lowest BCUT2D eigenvalue weighted by molar-refractivity contribution is 0.827. The Balaban J connectivity index is 2.47. The van der Waals surface area contributed by atoms with Crippen LogP contribution in [0, 0.1) is 0 Å². The highest BCUT2D eigenvalue weighted by atomic mass is 35.5. The molecule has 2 heterocycles. The van der Waals surface area contributed by atoms with Crippen molar-refractivity contribution in [3.8, 4) is 0 Å². The number of nitrogens with zero attached hydrogens (tertiary/aromatic N) is 3. The SMILES string of the molecule is CCCc1cc2c(Cl)nc(N(CC)CC)nc2s1. The molecule has 0 aromatic carbocycles. The van der Waals surface area contributed by atoms with Crippen LogP contribution >= 0.6 is 22.9 Å². The summed E-state index contributed by atoms with van der Waals surface area (Å²) in [4.78, 5) is 13.5. The topological polar surface area (TPSA) is 29.0 Å². The number of anilines is 1. The third-order valence-corrected chi connectivity index (χ3v) is 4.30. The van der Waals surface area contributed by atoms with Crippen molar-refractivity contribution in [2.24, 2.45) is 0 Å². The molecule has 2 rings (SSSR count). The molecule has 0 spiro atoms. The minimum absolute atomic E-state index is 0.570. The smallest absolute Gasteiger partial charge is 0.228 e. The Kier molecular flexibility index (Phi) is 4.40. The lowest BCUT2D eigenvalue weighted by Crippen LogP contribution is -2.24. The van der Waals surface area contributed by atoms with Gasteiger partial charge >= 0.3 is 0 Å². The molecule has 0 bridgehead atoms. The van der Waals surface area contributed by atoms with Gasteiger partial charge in [-0.05, 0) is 26.3 Å². The predicted octanol–water partition coefficient (Wildman–Crippen LogP) is 4.14. The number of halogens is 1. The highest BCUT2D eigenvalue weighted by molar-refractivity contribution is 7.18. The maximum atomic E-state index is 6.26. The molecular weight excluding hydrogens is 266 g/mol. The first-order valence-electron chi connectivity index (χ1n) is 6.40. The van der Waals surface area contributed by atoms with Crippen LogP contribution in [0.1, 0.15) is 32.1 Å². The minimum Gasteiger partial charge on any atom is -0.341 e. The van der Waals surface area contributed by atoms with Gasteiger partial charge in [-0.15, -0.1) is 11.3 Å². The quantitative estimate of drug-likeness (QED) is 0.772. The maximum absolute atomic E-state index is 6.26. The van der Waals surface area contributed by atoms with Gasteiger partial charge in [-0.2, -0.15) is 0 Å².